The lowest BCUT2D eigenvalue weighted by Gasteiger charge is -2.31. The molecule has 2 rings (SSSR count). The molecule has 96 valence electrons. The van der Waals surface area contributed by atoms with Crippen molar-refractivity contribution in [3.8, 4) is 11.3 Å². The molecule has 8 radical (unpaired) electrons. The van der Waals surface area contributed by atoms with E-state index in [9.17, 15) is 0 Å². The molecule has 0 fully saturated rings. The minimum atomic E-state index is -1.05. The van der Waals surface area contributed by atoms with Gasteiger partial charge in [0.1, 0.15) is 0 Å². The van der Waals surface area contributed by atoms with Crippen LogP contribution in [0.1, 0.15) is 30.5 Å². The fourth-order valence-electron chi connectivity index (χ4n) is 2.34. The van der Waals surface area contributed by atoms with E-state index in [4.69, 9.17) is 31.4 Å². The molecule has 1 aromatic heterocycles. The fraction of sp³-hybridized carbons (Fsp3) is 0.312. The fourth-order valence-corrected chi connectivity index (χ4v) is 2.34. The lowest BCUT2D eigenvalue weighted by Crippen LogP contribution is -2.31. The number of aromatic nitrogens is 1. The zero-order valence-corrected chi connectivity index (χ0v) is 12.7. The number of aryl methyl sites for hydroxylation is 1. The molecular weight excluding hydrogens is 249 g/mol. The van der Waals surface area contributed by atoms with Crippen LogP contribution in [-0.2, 0) is 10.4 Å². The van der Waals surface area contributed by atoms with Crippen molar-refractivity contribution < 1.29 is 0 Å². The molecule has 1 nitrogen and oxygen atoms in total. The Morgan fingerprint density at radius 3 is 2.00 bits per heavy atom. The van der Waals surface area contributed by atoms with Crippen LogP contribution >= 0.6 is 0 Å². The molecule has 0 bridgehead atoms. The highest BCUT2D eigenvalue weighted by molar-refractivity contribution is 6.42. The van der Waals surface area contributed by atoms with E-state index in [1.807, 2.05) is 37.3 Å². The Balaban J connectivity index is 2.66. The van der Waals surface area contributed by atoms with Gasteiger partial charge in [-0.2, -0.15) is 0 Å². The summed E-state index contributed by atoms with van der Waals surface area (Å²) < 4.78 is 0. The Labute approximate surface area is 132 Å². The molecule has 1 aromatic carbocycles. The van der Waals surface area contributed by atoms with E-state index in [2.05, 4.69) is 4.98 Å². The minimum absolute atomic E-state index is 0.646. The first-order valence-electron chi connectivity index (χ1n) is 6.83. The van der Waals surface area contributed by atoms with Crippen LogP contribution < -0.4 is 0 Å². The summed E-state index contributed by atoms with van der Waals surface area (Å²) in [6.07, 6.45) is 1.66. The first-order chi connectivity index (χ1) is 9.60. The van der Waals surface area contributed by atoms with Crippen LogP contribution in [0.3, 0.4) is 0 Å². The summed E-state index contributed by atoms with van der Waals surface area (Å²) in [4.78, 5) is 4.48. The largest absolute Gasteiger partial charge is 0.256 e. The van der Waals surface area contributed by atoms with Gasteiger partial charge in [0, 0.05) is 11.8 Å². The van der Waals surface area contributed by atoms with Gasteiger partial charge in [-0.15, -0.1) is 0 Å². The molecule has 5 heteroatoms. The van der Waals surface area contributed by atoms with Crippen LogP contribution in [-0.4, -0.2) is 36.4 Å². The second-order valence-corrected chi connectivity index (χ2v) is 6.00. The number of pyridine rings is 1. The van der Waals surface area contributed by atoms with Crippen molar-refractivity contribution in [1.29, 1.82) is 0 Å². The topological polar surface area (TPSA) is 12.9 Å². The van der Waals surface area contributed by atoms with Gasteiger partial charge in [0.05, 0.1) is 37.1 Å². The second-order valence-electron chi connectivity index (χ2n) is 6.00. The molecule has 0 spiro atoms. The summed E-state index contributed by atoms with van der Waals surface area (Å²) in [5, 5.41) is -2.09. The number of hydrogen-bond acceptors (Lipinski definition) is 1. The van der Waals surface area contributed by atoms with Crippen LogP contribution in [0, 0.1) is 6.92 Å². The van der Waals surface area contributed by atoms with Gasteiger partial charge in [-0.05, 0) is 24.1 Å². The summed E-state index contributed by atoms with van der Waals surface area (Å²) in [5.41, 5.74) is 4.31. The van der Waals surface area contributed by atoms with Gasteiger partial charge in [-0.25, -0.2) is 0 Å². The maximum atomic E-state index is 6.08. The van der Waals surface area contributed by atoms with Gasteiger partial charge in [0.25, 0.3) is 0 Å². The average molecular weight is 265 g/mol. The molecule has 21 heavy (non-hydrogen) atoms. The average Bonchev–Trinajstić information content (AvgIpc) is 2.36. The maximum Gasteiger partial charge on any atom is 0.0707 e. The molecule has 0 amide bonds. The highest BCUT2D eigenvalue weighted by Gasteiger charge is 2.25. The Morgan fingerprint density at radius 1 is 0.905 bits per heavy atom. The SMILES string of the molecule is [B]C([B])(C)c1cnc(-c2ccccc2C)cc1C([B])([B])C. The Bertz CT molecular complexity index is 654. The molecular formula is C16H15B4N. The predicted octanol–water partition coefficient (Wildman–Crippen LogP) is 2.08. The molecule has 0 saturated heterocycles. The standard InChI is InChI=1S/C16H15B4N/c1-10-6-4-5-7-11(10)14-8-12(15(2,17)18)13(9-21-14)16(3,19)20/h4-9H,1-3H3. The van der Waals surface area contributed by atoms with E-state index in [-0.39, 0.29) is 0 Å². The predicted molar refractivity (Wildman–Crippen MR) is 92.1 cm³/mol. The van der Waals surface area contributed by atoms with Crippen molar-refractivity contribution in [1.82, 2.24) is 4.98 Å². The van der Waals surface area contributed by atoms with Crippen LogP contribution in [0.4, 0.5) is 0 Å². The lowest BCUT2D eigenvalue weighted by atomic mass is 9.46. The maximum absolute atomic E-state index is 6.08. The van der Waals surface area contributed by atoms with Gasteiger partial charge in [0.15, 0.2) is 0 Å². The van der Waals surface area contributed by atoms with Crippen molar-refractivity contribution in [3.05, 3.63) is 53.2 Å². The number of nitrogens with zero attached hydrogens (tertiary/aromatic N) is 1. The zero-order chi connectivity index (χ0) is 15.8. The first-order valence-corrected chi connectivity index (χ1v) is 6.83. The number of benzene rings is 1. The Kier molecular flexibility index (Phi) is 4.15. The first kappa shape index (κ1) is 16.0. The van der Waals surface area contributed by atoms with E-state index < -0.39 is 10.4 Å². The van der Waals surface area contributed by atoms with Gasteiger partial charge in [-0.3, -0.25) is 4.98 Å². The third kappa shape index (κ3) is 3.45. The van der Waals surface area contributed by atoms with Crippen molar-refractivity contribution >= 4 is 31.4 Å². The summed E-state index contributed by atoms with van der Waals surface area (Å²) in [5.74, 6) is 0. The summed E-state index contributed by atoms with van der Waals surface area (Å²) >= 11 is 0. The summed E-state index contributed by atoms with van der Waals surface area (Å²) in [6.45, 7) is 5.45. The quantitative estimate of drug-likeness (QED) is 0.774. The highest BCUT2D eigenvalue weighted by atomic mass is 14.7. The molecule has 0 atom stereocenters. The van der Waals surface area contributed by atoms with E-state index in [1.165, 1.54) is 0 Å². The highest BCUT2D eigenvalue weighted by Crippen LogP contribution is 2.31. The number of hydrogen-bond donors (Lipinski definition) is 0. The summed E-state index contributed by atoms with van der Waals surface area (Å²) in [7, 11) is 24.2. The van der Waals surface area contributed by atoms with E-state index in [1.54, 1.807) is 20.0 Å². The number of rotatable bonds is 3. The van der Waals surface area contributed by atoms with E-state index in [0.717, 1.165) is 16.8 Å². The monoisotopic (exact) mass is 265 g/mol. The molecule has 0 unspecified atom stereocenters. The molecule has 0 N–H and O–H groups in total. The van der Waals surface area contributed by atoms with Gasteiger partial charge < -0.3 is 0 Å². The molecule has 0 saturated carbocycles. The minimum Gasteiger partial charge on any atom is -0.256 e. The van der Waals surface area contributed by atoms with Crippen molar-refractivity contribution in [2.45, 2.75) is 31.2 Å². The van der Waals surface area contributed by atoms with E-state index >= 15 is 0 Å². The molecule has 0 aliphatic carbocycles. The van der Waals surface area contributed by atoms with Crippen LogP contribution in [0.2, 0.25) is 0 Å². The Hall–Kier alpha value is -1.37. The van der Waals surface area contributed by atoms with Crippen LogP contribution in [0.25, 0.3) is 11.3 Å². The van der Waals surface area contributed by atoms with Gasteiger partial charge in [0.2, 0.25) is 0 Å². The van der Waals surface area contributed by atoms with Gasteiger partial charge >= 0.3 is 0 Å². The molecule has 0 aliphatic heterocycles. The van der Waals surface area contributed by atoms with E-state index in [0.29, 0.717) is 11.1 Å². The molecule has 2 aromatic rings. The van der Waals surface area contributed by atoms with Gasteiger partial charge in [-0.1, -0.05) is 54.1 Å². The third-order valence-electron chi connectivity index (χ3n) is 3.49. The van der Waals surface area contributed by atoms with Crippen LogP contribution in [0.15, 0.2) is 36.5 Å². The Morgan fingerprint density at radius 2 is 1.48 bits per heavy atom. The smallest absolute Gasteiger partial charge is 0.0707 e. The van der Waals surface area contributed by atoms with Crippen molar-refractivity contribution in [2.24, 2.45) is 0 Å². The summed E-state index contributed by atoms with van der Waals surface area (Å²) in [6, 6.07) is 9.87. The van der Waals surface area contributed by atoms with Crippen molar-refractivity contribution in [3.63, 3.8) is 0 Å². The molecule has 1 heterocycles. The normalized spacial score (nSPS) is 12.3. The lowest BCUT2D eigenvalue weighted by molar-refractivity contribution is 0.869. The third-order valence-corrected chi connectivity index (χ3v) is 3.49. The van der Waals surface area contributed by atoms with Crippen LogP contribution in [0.5, 0.6) is 0 Å². The molecule has 0 aliphatic rings. The second kappa shape index (κ2) is 5.44. The zero-order valence-electron chi connectivity index (χ0n) is 12.7. The van der Waals surface area contributed by atoms with Crippen molar-refractivity contribution in [2.75, 3.05) is 0 Å².